The number of ether oxygens (including phenoxy) is 2. The number of carbonyl (C=O) groups excluding carboxylic acids is 1. The molecule has 0 radical (unpaired) electrons. The van der Waals surface area contributed by atoms with E-state index in [2.05, 4.69) is 16.1 Å². The summed E-state index contributed by atoms with van der Waals surface area (Å²) >= 11 is 0. The van der Waals surface area contributed by atoms with Crippen LogP contribution in [0.15, 0.2) is 12.2 Å². The van der Waals surface area contributed by atoms with E-state index >= 15 is 0 Å². The molecule has 0 aromatic heterocycles. The van der Waals surface area contributed by atoms with Crippen LogP contribution >= 0.6 is 0 Å². The maximum atomic E-state index is 13.8. The maximum Gasteiger partial charge on any atom is 0.434 e. The van der Waals surface area contributed by atoms with Gasteiger partial charge in [-0.1, -0.05) is 6.58 Å². The summed E-state index contributed by atoms with van der Waals surface area (Å²) < 4.78 is 75.1. The van der Waals surface area contributed by atoms with Gasteiger partial charge >= 0.3 is 23.7 Å². The Morgan fingerprint density at radius 1 is 1.36 bits per heavy atom. The predicted octanol–water partition coefficient (Wildman–Crippen LogP) is 2.31. The second kappa shape index (κ2) is 5.18. The first-order valence-corrected chi connectivity index (χ1v) is 5.89. The molecule has 1 fully saturated rings. The van der Waals surface area contributed by atoms with E-state index in [4.69, 9.17) is 5.11 Å². The minimum atomic E-state index is -5.86. The van der Waals surface area contributed by atoms with Gasteiger partial charge in [0.15, 0.2) is 0 Å². The van der Waals surface area contributed by atoms with E-state index in [1.165, 1.54) is 6.92 Å². The second-order valence-electron chi connectivity index (χ2n) is 5.27. The number of alkyl halides is 5. The highest BCUT2D eigenvalue weighted by Gasteiger charge is 2.82. The van der Waals surface area contributed by atoms with Crippen molar-refractivity contribution in [3.05, 3.63) is 12.2 Å². The van der Waals surface area contributed by atoms with E-state index in [0.29, 0.717) is 0 Å². The van der Waals surface area contributed by atoms with E-state index in [1.807, 2.05) is 0 Å². The molecule has 1 heterocycles. The van der Waals surface area contributed by atoms with Crippen LogP contribution in [0.4, 0.5) is 22.0 Å². The zero-order valence-electron chi connectivity index (χ0n) is 11.6. The standard InChI is InChI=1S/C12H13F5O5/c1-6(2)7(18)21-5-9(3)4-10(13,14)11(22-9,8(19)20)12(15,16)17/h1,4-5H2,2-3H3,(H,19,20). The molecule has 22 heavy (non-hydrogen) atoms. The Morgan fingerprint density at radius 3 is 2.18 bits per heavy atom. The van der Waals surface area contributed by atoms with Crippen molar-refractivity contribution < 1.29 is 46.1 Å². The summed E-state index contributed by atoms with van der Waals surface area (Å²) in [4.78, 5) is 22.1. The number of carboxylic acids is 1. The maximum absolute atomic E-state index is 13.8. The average molecular weight is 332 g/mol. The topological polar surface area (TPSA) is 72.8 Å². The largest absolute Gasteiger partial charge is 0.479 e. The molecule has 10 heteroatoms. The fraction of sp³-hybridized carbons (Fsp3) is 0.667. The van der Waals surface area contributed by atoms with Gasteiger partial charge in [-0.3, -0.25) is 0 Å². The number of halogens is 5. The zero-order valence-corrected chi connectivity index (χ0v) is 11.6. The van der Waals surface area contributed by atoms with Gasteiger partial charge in [0.25, 0.3) is 5.92 Å². The van der Waals surface area contributed by atoms with E-state index in [1.54, 1.807) is 0 Å². The van der Waals surface area contributed by atoms with Crippen molar-refractivity contribution in [2.24, 2.45) is 0 Å². The highest BCUT2D eigenvalue weighted by molar-refractivity contribution is 5.87. The van der Waals surface area contributed by atoms with E-state index in [9.17, 15) is 31.5 Å². The van der Waals surface area contributed by atoms with Crippen LogP contribution in [0.5, 0.6) is 0 Å². The van der Waals surface area contributed by atoms with Crippen molar-refractivity contribution in [3.8, 4) is 0 Å². The van der Waals surface area contributed by atoms with Gasteiger partial charge in [-0.2, -0.15) is 13.2 Å². The van der Waals surface area contributed by atoms with Gasteiger partial charge in [-0.05, 0) is 13.8 Å². The van der Waals surface area contributed by atoms with Crippen molar-refractivity contribution in [3.63, 3.8) is 0 Å². The molecular weight excluding hydrogens is 319 g/mol. The van der Waals surface area contributed by atoms with Crippen LogP contribution in [-0.4, -0.2) is 47.0 Å². The molecule has 0 saturated carbocycles. The van der Waals surface area contributed by atoms with Crippen LogP contribution < -0.4 is 0 Å². The molecule has 1 rings (SSSR count). The fourth-order valence-electron chi connectivity index (χ4n) is 2.08. The van der Waals surface area contributed by atoms with Gasteiger partial charge < -0.3 is 14.6 Å². The first kappa shape index (κ1) is 18.3. The van der Waals surface area contributed by atoms with Gasteiger partial charge in [0.1, 0.15) is 12.2 Å². The van der Waals surface area contributed by atoms with Gasteiger partial charge in [-0.25, -0.2) is 18.4 Å². The first-order chi connectivity index (χ1) is 9.68. The molecule has 0 bridgehead atoms. The quantitative estimate of drug-likeness (QED) is 0.486. The van der Waals surface area contributed by atoms with Gasteiger partial charge in [0.2, 0.25) is 0 Å². The minimum Gasteiger partial charge on any atom is -0.479 e. The number of carboxylic acid groups (broad SMARTS) is 1. The van der Waals surface area contributed by atoms with Crippen LogP contribution in [0.2, 0.25) is 0 Å². The summed E-state index contributed by atoms with van der Waals surface area (Å²) in [5.41, 5.74) is -7.11. The molecule has 0 aliphatic carbocycles. The lowest BCUT2D eigenvalue weighted by molar-refractivity contribution is -0.319. The van der Waals surface area contributed by atoms with Crippen molar-refractivity contribution in [2.75, 3.05) is 6.61 Å². The smallest absolute Gasteiger partial charge is 0.434 e. The molecule has 0 aromatic rings. The van der Waals surface area contributed by atoms with E-state index in [-0.39, 0.29) is 5.57 Å². The van der Waals surface area contributed by atoms with Crippen LogP contribution in [0.3, 0.4) is 0 Å². The third-order valence-corrected chi connectivity index (χ3v) is 3.07. The molecule has 1 aliphatic rings. The van der Waals surface area contributed by atoms with Gasteiger partial charge in [0.05, 0.1) is 0 Å². The molecule has 1 saturated heterocycles. The van der Waals surface area contributed by atoms with Crippen molar-refractivity contribution in [2.45, 2.75) is 43.6 Å². The minimum absolute atomic E-state index is 0.103. The first-order valence-electron chi connectivity index (χ1n) is 5.89. The Labute approximate surface area is 121 Å². The van der Waals surface area contributed by atoms with Crippen LogP contribution in [-0.2, 0) is 19.1 Å². The Hall–Kier alpha value is -1.71. The van der Waals surface area contributed by atoms with Crippen molar-refractivity contribution in [1.29, 1.82) is 0 Å². The zero-order chi connectivity index (χ0) is 17.6. The lowest BCUT2D eigenvalue weighted by Crippen LogP contribution is -2.62. The number of carbonyl (C=O) groups is 2. The number of hydrogen-bond donors (Lipinski definition) is 1. The molecule has 2 atom stereocenters. The average Bonchev–Trinajstić information content (AvgIpc) is 2.53. The molecule has 1 aliphatic heterocycles. The Morgan fingerprint density at radius 2 is 1.86 bits per heavy atom. The summed E-state index contributed by atoms with van der Waals surface area (Å²) in [5.74, 6) is -8.62. The molecule has 0 amide bonds. The molecule has 1 N–H and O–H groups in total. The molecule has 126 valence electrons. The van der Waals surface area contributed by atoms with Crippen LogP contribution in [0, 0.1) is 0 Å². The summed E-state index contributed by atoms with van der Waals surface area (Å²) in [6.45, 7) is 4.29. The fourth-order valence-corrected chi connectivity index (χ4v) is 2.08. The Kier molecular flexibility index (Phi) is 4.32. The third-order valence-electron chi connectivity index (χ3n) is 3.07. The lowest BCUT2D eigenvalue weighted by Gasteiger charge is -2.32. The highest BCUT2D eigenvalue weighted by Crippen LogP contribution is 2.56. The van der Waals surface area contributed by atoms with E-state index < -0.39 is 48.3 Å². The molecule has 5 nitrogen and oxygen atoms in total. The predicted molar refractivity (Wildman–Crippen MR) is 61.2 cm³/mol. The third kappa shape index (κ3) is 2.79. The second-order valence-corrected chi connectivity index (χ2v) is 5.27. The summed E-state index contributed by atoms with van der Waals surface area (Å²) in [5, 5.41) is 8.69. The number of rotatable bonds is 4. The number of esters is 1. The van der Waals surface area contributed by atoms with Crippen molar-refractivity contribution in [1.82, 2.24) is 0 Å². The van der Waals surface area contributed by atoms with E-state index in [0.717, 1.165) is 6.92 Å². The van der Waals surface area contributed by atoms with Gasteiger partial charge in [-0.15, -0.1) is 0 Å². The van der Waals surface area contributed by atoms with Crippen LogP contribution in [0.25, 0.3) is 0 Å². The monoisotopic (exact) mass is 332 g/mol. The SMILES string of the molecule is C=C(C)C(=O)OCC1(C)CC(F)(F)C(C(=O)O)(C(F)(F)F)O1. The summed E-state index contributed by atoms with van der Waals surface area (Å²) in [6.07, 6.45) is -7.44. The normalized spacial score (nSPS) is 30.9. The summed E-state index contributed by atoms with van der Waals surface area (Å²) in [6, 6.07) is 0. The summed E-state index contributed by atoms with van der Waals surface area (Å²) in [7, 11) is 0. The molecule has 0 spiro atoms. The number of aliphatic carboxylic acids is 1. The van der Waals surface area contributed by atoms with Crippen molar-refractivity contribution >= 4 is 11.9 Å². The molecular formula is C12H13F5O5. The molecule has 2 unspecified atom stereocenters. The highest BCUT2D eigenvalue weighted by atomic mass is 19.4. The molecule has 0 aromatic carbocycles. The Bertz CT molecular complexity index is 515. The Balaban J connectivity index is 3.14. The van der Waals surface area contributed by atoms with Gasteiger partial charge in [0, 0.05) is 12.0 Å². The van der Waals surface area contributed by atoms with Crippen LogP contribution in [0.1, 0.15) is 20.3 Å². The number of hydrogen-bond acceptors (Lipinski definition) is 4. The lowest BCUT2D eigenvalue weighted by atomic mass is 9.92.